The van der Waals surface area contributed by atoms with Gasteiger partial charge in [0.25, 0.3) is 5.91 Å². The molecule has 1 aliphatic heterocycles. The summed E-state index contributed by atoms with van der Waals surface area (Å²) in [6.45, 7) is 3.04. The minimum atomic E-state index is -0.258. The molecule has 2 atom stereocenters. The van der Waals surface area contributed by atoms with E-state index in [2.05, 4.69) is 20.5 Å². The lowest BCUT2D eigenvalue weighted by molar-refractivity contribution is -0.139. The van der Waals surface area contributed by atoms with Crippen molar-refractivity contribution in [3.63, 3.8) is 0 Å². The first-order valence-electron chi connectivity index (χ1n) is 8.42. The number of amides is 2. The monoisotopic (exact) mass is 345 g/mol. The molecule has 2 aromatic rings. The average Bonchev–Trinajstić information content (AvgIpc) is 3.21. The number of carbonyl (C=O) groups is 2. The van der Waals surface area contributed by atoms with Crippen molar-refractivity contribution in [3.05, 3.63) is 30.1 Å². The second-order valence-electron chi connectivity index (χ2n) is 6.25. The standard InChI is InChI=1S/C16H23N7O2/c1-4-23-13(24)6-5-11(14(23)15-17-7-8-21(15)2)9-18-16(25)12-10-19-22(3)20-12/h7-8,10-11,14H,4-6,9H2,1-3H3,(H,18,25)/t11-,14+/m1/s1. The Bertz CT molecular complexity index is 766. The highest BCUT2D eigenvalue weighted by molar-refractivity contribution is 5.91. The van der Waals surface area contributed by atoms with Crippen molar-refractivity contribution < 1.29 is 9.59 Å². The van der Waals surface area contributed by atoms with E-state index in [9.17, 15) is 9.59 Å². The van der Waals surface area contributed by atoms with Gasteiger partial charge in [0.05, 0.1) is 12.2 Å². The first kappa shape index (κ1) is 17.1. The summed E-state index contributed by atoms with van der Waals surface area (Å²) in [5.74, 6) is 0.812. The molecule has 9 nitrogen and oxygen atoms in total. The Labute approximate surface area is 146 Å². The second kappa shape index (κ2) is 7.04. The van der Waals surface area contributed by atoms with Gasteiger partial charge in [-0.3, -0.25) is 9.59 Å². The molecule has 1 aliphatic rings. The van der Waals surface area contributed by atoms with Crippen molar-refractivity contribution in [2.45, 2.75) is 25.8 Å². The van der Waals surface area contributed by atoms with Gasteiger partial charge >= 0.3 is 0 Å². The molecule has 0 unspecified atom stereocenters. The molecule has 0 spiro atoms. The lowest BCUT2D eigenvalue weighted by Crippen LogP contribution is -2.47. The van der Waals surface area contributed by atoms with Gasteiger partial charge in [-0.2, -0.15) is 9.90 Å². The van der Waals surface area contributed by atoms with E-state index in [0.717, 1.165) is 5.82 Å². The fourth-order valence-electron chi connectivity index (χ4n) is 3.38. The van der Waals surface area contributed by atoms with Crippen LogP contribution in [0.5, 0.6) is 0 Å². The van der Waals surface area contributed by atoms with Crippen LogP contribution in [0.3, 0.4) is 0 Å². The van der Waals surface area contributed by atoms with Crippen LogP contribution in [0.2, 0.25) is 0 Å². The Morgan fingerprint density at radius 1 is 1.40 bits per heavy atom. The molecule has 3 rings (SSSR count). The third-order valence-electron chi connectivity index (χ3n) is 4.65. The van der Waals surface area contributed by atoms with Crippen LogP contribution in [0.4, 0.5) is 0 Å². The largest absolute Gasteiger partial charge is 0.350 e. The maximum atomic E-state index is 12.3. The van der Waals surface area contributed by atoms with E-state index in [0.29, 0.717) is 25.9 Å². The number of rotatable bonds is 5. The number of hydrogen-bond donors (Lipinski definition) is 1. The number of aromatic nitrogens is 5. The van der Waals surface area contributed by atoms with Gasteiger partial charge < -0.3 is 14.8 Å². The summed E-state index contributed by atoms with van der Waals surface area (Å²) in [7, 11) is 3.59. The minimum Gasteiger partial charge on any atom is -0.350 e. The predicted octanol–water partition coefficient (Wildman–Crippen LogP) is 0.278. The smallest absolute Gasteiger partial charge is 0.273 e. The van der Waals surface area contributed by atoms with E-state index >= 15 is 0 Å². The lowest BCUT2D eigenvalue weighted by atomic mass is 9.87. The van der Waals surface area contributed by atoms with E-state index in [-0.39, 0.29) is 29.5 Å². The second-order valence-corrected chi connectivity index (χ2v) is 6.25. The Kier molecular flexibility index (Phi) is 4.82. The van der Waals surface area contributed by atoms with Crippen LogP contribution >= 0.6 is 0 Å². The van der Waals surface area contributed by atoms with Crippen molar-refractivity contribution in [1.82, 2.24) is 34.8 Å². The van der Waals surface area contributed by atoms with Crippen LogP contribution in [-0.2, 0) is 18.9 Å². The van der Waals surface area contributed by atoms with Crippen LogP contribution < -0.4 is 5.32 Å². The summed E-state index contributed by atoms with van der Waals surface area (Å²) in [5, 5.41) is 10.8. The van der Waals surface area contributed by atoms with E-state index in [1.807, 2.05) is 29.6 Å². The number of carbonyl (C=O) groups excluding carboxylic acids is 2. The molecule has 0 aromatic carbocycles. The van der Waals surface area contributed by atoms with E-state index in [4.69, 9.17) is 0 Å². The van der Waals surface area contributed by atoms with Crippen molar-refractivity contribution in [2.24, 2.45) is 20.0 Å². The predicted molar refractivity (Wildman–Crippen MR) is 89.4 cm³/mol. The molecule has 1 saturated heterocycles. The Hall–Kier alpha value is -2.71. The van der Waals surface area contributed by atoms with Crippen molar-refractivity contribution in [3.8, 4) is 0 Å². The summed E-state index contributed by atoms with van der Waals surface area (Å²) < 4.78 is 1.93. The van der Waals surface area contributed by atoms with Gasteiger partial charge in [0.1, 0.15) is 5.82 Å². The van der Waals surface area contributed by atoms with Gasteiger partial charge in [0.15, 0.2) is 5.69 Å². The molecular formula is C16H23N7O2. The van der Waals surface area contributed by atoms with Gasteiger partial charge in [-0.1, -0.05) is 0 Å². The number of nitrogens with zero attached hydrogens (tertiary/aromatic N) is 6. The van der Waals surface area contributed by atoms with Crippen LogP contribution in [0.1, 0.15) is 42.1 Å². The maximum absolute atomic E-state index is 12.3. The Morgan fingerprint density at radius 2 is 2.20 bits per heavy atom. The molecule has 3 heterocycles. The highest BCUT2D eigenvalue weighted by atomic mass is 16.2. The topological polar surface area (TPSA) is 97.9 Å². The fraction of sp³-hybridized carbons (Fsp3) is 0.562. The molecular weight excluding hydrogens is 322 g/mol. The molecule has 9 heteroatoms. The molecule has 0 bridgehead atoms. The van der Waals surface area contributed by atoms with Gasteiger partial charge in [-0.25, -0.2) is 4.98 Å². The molecule has 1 fully saturated rings. The third kappa shape index (κ3) is 3.40. The number of hydrogen-bond acceptors (Lipinski definition) is 5. The van der Waals surface area contributed by atoms with Crippen LogP contribution in [-0.4, -0.2) is 54.3 Å². The molecule has 1 N–H and O–H groups in total. The van der Waals surface area contributed by atoms with E-state index in [1.165, 1.54) is 11.0 Å². The summed E-state index contributed by atoms with van der Waals surface area (Å²) in [4.78, 5) is 32.2. The molecule has 0 saturated carbocycles. The average molecular weight is 345 g/mol. The first-order valence-corrected chi connectivity index (χ1v) is 8.42. The molecule has 0 aliphatic carbocycles. The molecule has 25 heavy (non-hydrogen) atoms. The van der Waals surface area contributed by atoms with E-state index in [1.54, 1.807) is 13.2 Å². The van der Waals surface area contributed by atoms with Crippen LogP contribution in [0, 0.1) is 5.92 Å². The zero-order valence-electron chi connectivity index (χ0n) is 14.7. The number of likely N-dealkylation sites (tertiary alicyclic amines) is 1. The number of nitrogens with one attached hydrogen (secondary N) is 1. The van der Waals surface area contributed by atoms with Gasteiger partial charge in [-0.15, -0.1) is 5.10 Å². The summed E-state index contributed by atoms with van der Waals surface area (Å²) in [5.41, 5.74) is 0.287. The Balaban J connectivity index is 1.77. The summed E-state index contributed by atoms with van der Waals surface area (Å²) in [6.07, 6.45) is 6.25. The van der Waals surface area contributed by atoms with Crippen molar-refractivity contribution >= 4 is 11.8 Å². The summed E-state index contributed by atoms with van der Waals surface area (Å²) >= 11 is 0. The summed E-state index contributed by atoms with van der Waals surface area (Å²) in [6, 6.07) is -0.145. The normalized spacial score (nSPS) is 20.8. The van der Waals surface area contributed by atoms with Gasteiger partial charge in [0.2, 0.25) is 5.91 Å². The zero-order valence-corrected chi connectivity index (χ0v) is 14.7. The molecule has 2 amide bonds. The SMILES string of the molecule is CCN1C(=O)CC[C@H](CNC(=O)c2cnn(C)n2)[C@H]1c1nccn1C. The maximum Gasteiger partial charge on any atom is 0.273 e. The third-order valence-corrected chi connectivity index (χ3v) is 4.65. The number of piperidine rings is 1. The van der Waals surface area contributed by atoms with Crippen molar-refractivity contribution in [1.29, 1.82) is 0 Å². The highest BCUT2D eigenvalue weighted by Crippen LogP contribution is 2.35. The zero-order chi connectivity index (χ0) is 18.0. The quantitative estimate of drug-likeness (QED) is 0.839. The molecule has 134 valence electrons. The number of imidazole rings is 1. The van der Waals surface area contributed by atoms with Crippen LogP contribution in [0.15, 0.2) is 18.6 Å². The minimum absolute atomic E-state index is 0.0966. The first-order chi connectivity index (χ1) is 12.0. The highest BCUT2D eigenvalue weighted by Gasteiger charge is 2.38. The molecule has 0 radical (unpaired) electrons. The van der Waals surface area contributed by atoms with Crippen LogP contribution in [0.25, 0.3) is 0 Å². The Morgan fingerprint density at radius 3 is 2.80 bits per heavy atom. The number of aryl methyl sites for hydroxylation is 2. The fourth-order valence-corrected chi connectivity index (χ4v) is 3.38. The van der Waals surface area contributed by atoms with E-state index < -0.39 is 0 Å². The van der Waals surface area contributed by atoms with Gasteiger partial charge in [-0.05, 0) is 13.3 Å². The van der Waals surface area contributed by atoms with Gasteiger partial charge in [0, 0.05) is 51.9 Å². The molecule has 2 aromatic heterocycles. The van der Waals surface area contributed by atoms with Crippen molar-refractivity contribution in [2.75, 3.05) is 13.1 Å². The lowest BCUT2D eigenvalue weighted by Gasteiger charge is -2.40.